The van der Waals surface area contributed by atoms with Crippen molar-refractivity contribution >= 4 is 10.0 Å². The molecule has 136 valence electrons. The number of rotatable bonds is 3. The van der Waals surface area contributed by atoms with Gasteiger partial charge in [-0.1, -0.05) is 51.4 Å². The van der Waals surface area contributed by atoms with Crippen LogP contribution in [0.15, 0.2) is 0 Å². The Morgan fingerprint density at radius 2 is 1.26 bits per heavy atom. The van der Waals surface area contributed by atoms with Crippen molar-refractivity contribution in [2.24, 2.45) is 5.73 Å². The lowest BCUT2D eigenvalue weighted by Gasteiger charge is -2.47. The van der Waals surface area contributed by atoms with Gasteiger partial charge < -0.3 is 5.73 Å². The number of nitrogens with zero attached hydrogens (tertiary/aromatic N) is 2. The van der Waals surface area contributed by atoms with Crippen molar-refractivity contribution in [3.05, 3.63) is 0 Å². The summed E-state index contributed by atoms with van der Waals surface area (Å²) in [7, 11) is -3.06. The van der Waals surface area contributed by atoms with Gasteiger partial charge in [-0.15, -0.1) is 0 Å². The van der Waals surface area contributed by atoms with Gasteiger partial charge in [0.05, 0.1) is 6.26 Å². The first-order valence-electron chi connectivity index (χ1n) is 9.38. The maximum Gasteiger partial charge on any atom is 0.211 e. The second-order valence-electron chi connectivity index (χ2n) is 7.41. The number of sulfonamides is 1. The molecule has 2 N–H and O–H groups in total. The molecule has 23 heavy (non-hydrogen) atoms. The highest BCUT2D eigenvalue weighted by Crippen LogP contribution is 2.31. The van der Waals surface area contributed by atoms with Crippen molar-refractivity contribution in [3.8, 4) is 0 Å². The molecule has 2 fully saturated rings. The summed E-state index contributed by atoms with van der Waals surface area (Å²) in [5.74, 6) is 0. The minimum atomic E-state index is -3.06. The second-order valence-corrected chi connectivity index (χ2v) is 9.39. The maximum atomic E-state index is 11.7. The fraction of sp³-hybridized carbons (Fsp3) is 1.00. The summed E-state index contributed by atoms with van der Waals surface area (Å²) in [4.78, 5) is 2.51. The van der Waals surface area contributed by atoms with E-state index in [-0.39, 0.29) is 5.54 Å². The van der Waals surface area contributed by atoms with E-state index in [0.717, 1.165) is 13.1 Å². The van der Waals surface area contributed by atoms with Crippen LogP contribution in [-0.4, -0.2) is 62.1 Å². The smallest absolute Gasteiger partial charge is 0.211 e. The Bertz CT molecular complexity index is 433. The highest BCUT2D eigenvalue weighted by Gasteiger charge is 2.37. The third-order valence-corrected chi connectivity index (χ3v) is 7.10. The molecule has 0 amide bonds. The zero-order valence-electron chi connectivity index (χ0n) is 14.8. The van der Waals surface area contributed by atoms with Crippen LogP contribution in [0.2, 0.25) is 0 Å². The molecule has 1 aliphatic carbocycles. The lowest BCUT2D eigenvalue weighted by Crippen LogP contribution is -2.60. The van der Waals surface area contributed by atoms with Gasteiger partial charge in [-0.05, 0) is 12.8 Å². The average molecular weight is 346 g/mol. The monoisotopic (exact) mass is 345 g/mol. The topological polar surface area (TPSA) is 66.6 Å². The molecular formula is C17H35N3O2S. The third-order valence-electron chi connectivity index (χ3n) is 5.79. The van der Waals surface area contributed by atoms with E-state index < -0.39 is 10.0 Å². The normalized spacial score (nSPS) is 26.5. The minimum Gasteiger partial charge on any atom is -0.329 e. The van der Waals surface area contributed by atoms with E-state index in [1.807, 2.05) is 0 Å². The van der Waals surface area contributed by atoms with Crippen LogP contribution in [0.3, 0.4) is 0 Å². The molecule has 1 heterocycles. The molecule has 2 rings (SSSR count). The van der Waals surface area contributed by atoms with Crippen LogP contribution in [0.1, 0.15) is 64.2 Å². The van der Waals surface area contributed by atoms with E-state index >= 15 is 0 Å². The molecule has 0 spiro atoms. The van der Waals surface area contributed by atoms with Crippen LogP contribution < -0.4 is 5.73 Å². The lowest BCUT2D eigenvalue weighted by atomic mass is 9.84. The Labute approximate surface area is 142 Å². The first kappa shape index (κ1) is 19.2. The quantitative estimate of drug-likeness (QED) is 0.851. The van der Waals surface area contributed by atoms with Crippen LogP contribution in [0, 0.1) is 0 Å². The van der Waals surface area contributed by atoms with Gasteiger partial charge in [0.2, 0.25) is 10.0 Å². The Hall–Kier alpha value is -0.170. The van der Waals surface area contributed by atoms with Crippen LogP contribution in [0.25, 0.3) is 0 Å². The molecule has 0 aromatic carbocycles. The van der Waals surface area contributed by atoms with Crippen LogP contribution in [-0.2, 0) is 10.0 Å². The van der Waals surface area contributed by atoms with Crippen LogP contribution in [0.4, 0.5) is 0 Å². The summed E-state index contributed by atoms with van der Waals surface area (Å²) < 4.78 is 25.1. The summed E-state index contributed by atoms with van der Waals surface area (Å²) in [6.45, 7) is 3.57. The molecule has 0 unspecified atom stereocenters. The zero-order valence-corrected chi connectivity index (χ0v) is 15.6. The van der Waals surface area contributed by atoms with Crippen molar-refractivity contribution < 1.29 is 8.42 Å². The highest BCUT2D eigenvalue weighted by molar-refractivity contribution is 7.88. The molecule has 0 atom stereocenters. The van der Waals surface area contributed by atoms with Crippen molar-refractivity contribution in [1.29, 1.82) is 0 Å². The first-order valence-corrected chi connectivity index (χ1v) is 11.2. The van der Waals surface area contributed by atoms with Crippen LogP contribution in [0.5, 0.6) is 0 Å². The van der Waals surface area contributed by atoms with Crippen LogP contribution >= 0.6 is 0 Å². The van der Waals surface area contributed by atoms with Gasteiger partial charge in [0, 0.05) is 38.3 Å². The Morgan fingerprint density at radius 3 is 1.65 bits per heavy atom. The van der Waals surface area contributed by atoms with Crippen molar-refractivity contribution in [2.45, 2.75) is 69.7 Å². The summed E-state index contributed by atoms with van der Waals surface area (Å²) >= 11 is 0. The van der Waals surface area contributed by atoms with E-state index in [0.29, 0.717) is 19.6 Å². The second kappa shape index (κ2) is 8.79. The summed E-state index contributed by atoms with van der Waals surface area (Å²) in [6, 6.07) is 0. The van der Waals surface area contributed by atoms with Crippen molar-refractivity contribution in [3.63, 3.8) is 0 Å². The lowest BCUT2D eigenvalue weighted by molar-refractivity contribution is 0.0417. The predicted molar refractivity (Wildman–Crippen MR) is 95.9 cm³/mol. The number of piperazine rings is 1. The SMILES string of the molecule is CS(=O)(=O)N1CCN(C2(CN)CCCCCCCCCC2)CC1. The van der Waals surface area contributed by atoms with Gasteiger partial charge in [-0.2, -0.15) is 4.31 Å². The highest BCUT2D eigenvalue weighted by atomic mass is 32.2. The summed E-state index contributed by atoms with van der Waals surface area (Å²) in [5.41, 5.74) is 6.36. The third kappa shape index (κ3) is 5.41. The summed E-state index contributed by atoms with van der Waals surface area (Å²) in [6.07, 6.45) is 14.2. The van der Waals surface area contributed by atoms with Crippen molar-refractivity contribution in [2.75, 3.05) is 39.0 Å². The molecule has 1 saturated heterocycles. The van der Waals surface area contributed by atoms with E-state index in [1.165, 1.54) is 70.5 Å². The molecule has 2 aliphatic rings. The Balaban J connectivity index is 2.01. The maximum absolute atomic E-state index is 11.7. The molecule has 6 heteroatoms. The Kier molecular flexibility index (Phi) is 7.32. The van der Waals surface area contributed by atoms with E-state index in [2.05, 4.69) is 4.90 Å². The largest absolute Gasteiger partial charge is 0.329 e. The van der Waals surface area contributed by atoms with Gasteiger partial charge in [0.15, 0.2) is 0 Å². The minimum absolute atomic E-state index is 0.0912. The molecule has 0 aromatic heterocycles. The molecular weight excluding hydrogens is 310 g/mol. The van der Waals surface area contributed by atoms with Gasteiger partial charge in [0.1, 0.15) is 0 Å². The van der Waals surface area contributed by atoms with Gasteiger partial charge >= 0.3 is 0 Å². The van der Waals surface area contributed by atoms with E-state index in [4.69, 9.17) is 5.73 Å². The molecule has 1 saturated carbocycles. The van der Waals surface area contributed by atoms with E-state index in [9.17, 15) is 8.42 Å². The first-order chi connectivity index (χ1) is 11.0. The van der Waals surface area contributed by atoms with Gasteiger partial charge in [-0.25, -0.2) is 8.42 Å². The average Bonchev–Trinajstić information content (AvgIpc) is 2.59. The molecule has 5 nitrogen and oxygen atoms in total. The fourth-order valence-corrected chi connectivity index (χ4v) is 5.06. The zero-order chi connectivity index (χ0) is 16.8. The van der Waals surface area contributed by atoms with Gasteiger partial charge in [-0.3, -0.25) is 4.90 Å². The Morgan fingerprint density at radius 1 is 0.826 bits per heavy atom. The van der Waals surface area contributed by atoms with E-state index in [1.54, 1.807) is 4.31 Å². The number of hydrogen-bond acceptors (Lipinski definition) is 4. The van der Waals surface area contributed by atoms with Gasteiger partial charge in [0.25, 0.3) is 0 Å². The number of nitrogens with two attached hydrogens (primary N) is 1. The molecule has 0 aromatic rings. The predicted octanol–water partition coefficient (Wildman–Crippen LogP) is 2.18. The summed E-state index contributed by atoms with van der Waals surface area (Å²) in [5, 5.41) is 0. The molecule has 0 bridgehead atoms. The molecule has 0 radical (unpaired) electrons. The fourth-order valence-electron chi connectivity index (χ4n) is 4.24. The number of hydrogen-bond donors (Lipinski definition) is 1. The van der Waals surface area contributed by atoms with Crippen molar-refractivity contribution in [1.82, 2.24) is 9.21 Å². The standard InChI is InChI=1S/C17H35N3O2S/c1-23(21,22)20-14-12-19(13-15-20)17(16-18)10-8-6-4-2-3-5-7-9-11-17/h2-16,18H2,1H3. The molecule has 1 aliphatic heterocycles.